The molecule has 1 aromatic rings. The molecule has 0 amide bonds. The smallest absolute Gasteiger partial charge is 0.108 e. The summed E-state index contributed by atoms with van der Waals surface area (Å²) in [5, 5.41) is 0. The van der Waals surface area contributed by atoms with Crippen LogP contribution in [0.3, 0.4) is 0 Å². The summed E-state index contributed by atoms with van der Waals surface area (Å²) in [6.45, 7) is 3.72. The molecule has 1 saturated heterocycles. The van der Waals surface area contributed by atoms with Crippen LogP contribution in [-0.2, 0) is 13.5 Å². The maximum Gasteiger partial charge on any atom is 0.108 e. The lowest BCUT2D eigenvalue weighted by Gasteiger charge is -2.35. The molecule has 4 nitrogen and oxygen atoms in total. The van der Waals surface area contributed by atoms with E-state index in [-0.39, 0.29) is 0 Å². The van der Waals surface area contributed by atoms with Crippen molar-refractivity contribution in [1.29, 1.82) is 0 Å². The van der Waals surface area contributed by atoms with Crippen molar-refractivity contribution >= 4 is 0 Å². The molecule has 0 unspecified atom stereocenters. The zero-order valence-electron chi connectivity index (χ0n) is 12.0. The van der Waals surface area contributed by atoms with E-state index in [1.54, 1.807) is 0 Å². The molecule has 1 aliphatic heterocycles. The Morgan fingerprint density at radius 2 is 2.06 bits per heavy atom. The number of likely N-dealkylation sites (tertiary alicyclic amines) is 1. The molecule has 0 aliphatic carbocycles. The van der Waals surface area contributed by atoms with E-state index in [2.05, 4.69) is 40.5 Å². The van der Waals surface area contributed by atoms with Gasteiger partial charge in [0.25, 0.3) is 0 Å². The first-order valence-corrected chi connectivity index (χ1v) is 7.02. The third-order valence-corrected chi connectivity index (χ3v) is 4.08. The number of hydrogen-bond donors (Lipinski definition) is 0. The van der Waals surface area contributed by atoms with Crippen molar-refractivity contribution in [2.24, 2.45) is 7.05 Å². The third-order valence-electron chi connectivity index (χ3n) is 4.08. The van der Waals surface area contributed by atoms with E-state index in [0.29, 0.717) is 0 Å². The van der Waals surface area contributed by atoms with Gasteiger partial charge in [-0.05, 0) is 53.0 Å². The third kappa shape index (κ3) is 3.56. The maximum absolute atomic E-state index is 4.37. The van der Waals surface area contributed by atoms with Gasteiger partial charge in [0.05, 0.1) is 0 Å². The van der Waals surface area contributed by atoms with Crippen LogP contribution >= 0.6 is 0 Å². The summed E-state index contributed by atoms with van der Waals surface area (Å²) in [5.74, 6) is 1.21. The zero-order valence-corrected chi connectivity index (χ0v) is 12.0. The minimum atomic E-state index is 0.788. The Kier molecular flexibility index (Phi) is 4.78. The second-order valence-electron chi connectivity index (χ2n) is 5.59. The van der Waals surface area contributed by atoms with Crippen LogP contribution in [0.15, 0.2) is 12.4 Å². The number of nitrogens with zero attached hydrogens (tertiary/aromatic N) is 4. The molecular formula is C14H26N4. The fourth-order valence-electron chi connectivity index (χ4n) is 2.76. The van der Waals surface area contributed by atoms with Gasteiger partial charge in [0.1, 0.15) is 5.82 Å². The van der Waals surface area contributed by atoms with Crippen molar-refractivity contribution in [2.75, 3.05) is 33.7 Å². The predicted octanol–water partition coefficient (Wildman–Crippen LogP) is 1.38. The van der Waals surface area contributed by atoms with Crippen LogP contribution in [-0.4, -0.2) is 59.1 Å². The van der Waals surface area contributed by atoms with Crippen LogP contribution < -0.4 is 0 Å². The predicted molar refractivity (Wildman–Crippen MR) is 74.7 cm³/mol. The molecule has 0 atom stereocenters. The van der Waals surface area contributed by atoms with Gasteiger partial charge in [-0.1, -0.05) is 0 Å². The van der Waals surface area contributed by atoms with Crippen molar-refractivity contribution < 1.29 is 0 Å². The highest BCUT2D eigenvalue weighted by molar-refractivity contribution is 4.91. The summed E-state index contributed by atoms with van der Waals surface area (Å²) < 4.78 is 2.12. The molecular weight excluding hydrogens is 224 g/mol. The number of imidazole rings is 1. The lowest BCUT2D eigenvalue weighted by Crippen LogP contribution is -2.42. The average molecular weight is 250 g/mol. The Labute approximate surface area is 111 Å². The Hall–Kier alpha value is -0.870. The molecule has 102 valence electrons. The van der Waals surface area contributed by atoms with E-state index < -0.39 is 0 Å². The Morgan fingerprint density at radius 3 is 2.61 bits per heavy atom. The standard InChI is InChI=1S/C14H26N4/c1-16(2)13-6-10-18(11-7-13)9-4-5-14-15-8-12-17(14)3/h8,12-13H,4-7,9-11H2,1-3H3. The minimum Gasteiger partial charge on any atom is -0.338 e. The van der Waals surface area contributed by atoms with Gasteiger partial charge in [0.2, 0.25) is 0 Å². The largest absolute Gasteiger partial charge is 0.338 e. The molecule has 0 radical (unpaired) electrons. The van der Waals surface area contributed by atoms with Gasteiger partial charge >= 0.3 is 0 Å². The van der Waals surface area contributed by atoms with Crippen molar-refractivity contribution in [2.45, 2.75) is 31.7 Å². The van der Waals surface area contributed by atoms with Gasteiger partial charge in [-0.15, -0.1) is 0 Å². The van der Waals surface area contributed by atoms with E-state index >= 15 is 0 Å². The first-order valence-electron chi connectivity index (χ1n) is 7.02. The minimum absolute atomic E-state index is 0.788. The molecule has 0 aromatic carbocycles. The second-order valence-corrected chi connectivity index (χ2v) is 5.59. The Balaban J connectivity index is 1.65. The van der Waals surface area contributed by atoms with Gasteiger partial charge in [-0.3, -0.25) is 0 Å². The molecule has 2 heterocycles. The summed E-state index contributed by atoms with van der Waals surface area (Å²) in [7, 11) is 6.47. The van der Waals surface area contributed by atoms with Crippen LogP contribution in [0.25, 0.3) is 0 Å². The number of aromatic nitrogens is 2. The molecule has 1 fully saturated rings. The van der Waals surface area contributed by atoms with E-state index in [9.17, 15) is 0 Å². The summed E-state index contributed by atoms with van der Waals surface area (Å²) in [4.78, 5) is 9.34. The molecule has 0 spiro atoms. The van der Waals surface area contributed by atoms with E-state index in [4.69, 9.17) is 0 Å². The molecule has 2 rings (SSSR count). The molecule has 0 bridgehead atoms. The summed E-state index contributed by atoms with van der Waals surface area (Å²) in [6.07, 6.45) is 8.86. The number of piperidine rings is 1. The van der Waals surface area contributed by atoms with Gasteiger partial charge < -0.3 is 14.4 Å². The highest BCUT2D eigenvalue weighted by Gasteiger charge is 2.19. The lowest BCUT2D eigenvalue weighted by molar-refractivity contribution is 0.144. The van der Waals surface area contributed by atoms with Crippen LogP contribution in [0.5, 0.6) is 0 Å². The summed E-state index contributed by atoms with van der Waals surface area (Å²) in [6, 6.07) is 0.788. The van der Waals surface area contributed by atoms with Gasteiger partial charge in [-0.25, -0.2) is 4.98 Å². The van der Waals surface area contributed by atoms with Gasteiger partial charge in [-0.2, -0.15) is 0 Å². The molecule has 4 heteroatoms. The van der Waals surface area contributed by atoms with Gasteiger partial charge in [0, 0.05) is 31.9 Å². The van der Waals surface area contributed by atoms with E-state index in [1.807, 2.05) is 12.4 Å². The van der Waals surface area contributed by atoms with Crippen LogP contribution in [0.4, 0.5) is 0 Å². The van der Waals surface area contributed by atoms with Crippen LogP contribution in [0.2, 0.25) is 0 Å². The van der Waals surface area contributed by atoms with Crippen LogP contribution in [0.1, 0.15) is 25.1 Å². The fourth-order valence-corrected chi connectivity index (χ4v) is 2.76. The molecule has 1 aliphatic rings. The molecule has 18 heavy (non-hydrogen) atoms. The highest BCUT2D eigenvalue weighted by Crippen LogP contribution is 2.14. The lowest BCUT2D eigenvalue weighted by atomic mass is 10.0. The van der Waals surface area contributed by atoms with Crippen molar-refractivity contribution in [3.63, 3.8) is 0 Å². The monoisotopic (exact) mass is 250 g/mol. The molecule has 1 aromatic heterocycles. The normalized spacial score (nSPS) is 18.7. The first-order chi connectivity index (χ1) is 8.66. The van der Waals surface area contributed by atoms with Crippen LogP contribution in [0, 0.1) is 0 Å². The van der Waals surface area contributed by atoms with Crippen molar-refractivity contribution in [3.8, 4) is 0 Å². The Morgan fingerprint density at radius 1 is 1.33 bits per heavy atom. The fraction of sp³-hybridized carbons (Fsp3) is 0.786. The van der Waals surface area contributed by atoms with Crippen molar-refractivity contribution in [1.82, 2.24) is 19.4 Å². The number of rotatable bonds is 5. The quantitative estimate of drug-likeness (QED) is 0.789. The topological polar surface area (TPSA) is 24.3 Å². The first kappa shape index (κ1) is 13.6. The van der Waals surface area contributed by atoms with E-state index in [0.717, 1.165) is 12.5 Å². The van der Waals surface area contributed by atoms with Gasteiger partial charge in [0.15, 0.2) is 0 Å². The second kappa shape index (κ2) is 6.34. The zero-order chi connectivity index (χ0) is 13.0. The maximum atomic E-state index is 4.37. The molecule has 0 N–H and O–H groups in total. The SMILES string of the molecule is CN(C)C1CCN(CCCc2nccn2C)CC1. The summed E-state index contributed by atoms with van der Waals surface area (Å²) >= 11 is 0. The average Bonchev–Trinajstić information content (AvgIpc) is 2.76. The van der Waals surface area contributed by atoms with Crippen molar-refractivity contribution in [3.05, 3.63) is 18.2 Å². The number of aryl methyl sites for hydroxylation is 2. The van der Waals surface area contributed by atoms with E-state index in [1.165, 1.54) is 44.7 Å². The Bertz CT molecular complexity index is 350. The molecule has 0 saturated carbocycles. The number of hydrogen-bond acceptors (Lipinski definition) is 3. The summed E-state index contributed by atoms with van der Waals surface area (Å²) in [5.41, 5.74) is 0. The highest BCUT2D eigenvalue weighted by atomic mass is 15.2.